The Balaban J connectivity index is 2.11. The van der Waals surface area contributed by atoms with E-state index in [2.05, 4.69) is 16.5 Å². The lowest BCUT2D eigenvalue weighted by molar-refractivity contribution is -0.140. The summed E-state index contributed by atoms with van der Waals surface area (Å²) in [7, 11) is 0. The number of esters is 1. The molecule has 0 atom stereocenters. The molecule has 2 aromatic rings. The first-order chi connectivity index (χ1) is 13.2. The average molecular weight is 383 g/mol. The van der Waals surface area contributed by atoms with Crippen molar-refractivity contribution in [1.29, 1.82) is 5.26 Å². The molecule has 0 aliphatic carbocycles. The Morgan fingerprint density at radius 3 is 2.68 bits per heavy atom. The van der Waals surface area contributed by atoms with E-state index in [4.69, 9.17) is 9.15 Å². The molecule has 2 aromatic heterocycles. The zero-order valence-corrected chi connectivity index (χ0v) is 17.6. The summed E-state index contributed by atoms with van der Waals surface area (Å²) in [6.45, 7) is 13.0. The molecule has 0 bridgehead atoms. The molecule has 2 heterocycles. The molecule has 0 fully saturated rings. The van der Waals surface area contributed by atoms with Crippen LogP contribution < -0.4 is 0 Å². The number of carbonyl (C=O) groups excluding carboxylic acids is 1. The number of ether oxygens (including phenoxy) is 1. The number of nitrogens with zero attached hydrogens (tertiary/aromatic N) is 3. The van der Waals surface area contributed by atoms with E-state index < -0.39 is 5.97 Å². The Kier molecular flexibility index (Phi) is 6.85. The maximum Gasteiger partial charge on any atom is 0.349 e. The van der Waals surface area contributed by atoms with Crippen LogP contribution in [0.4, 0.5) is 0 Å². The fourth-order valence-electron chi connectivity index (χ4n) is 2.86. The van der Waals surface area contributed by atoms with Crippen molar-refractivity contribution < 1.29 is 13.9 Å². The van der Waals surface area contributed by atoms with Crippen LogP contribution in [-0.4, -0.2) is 15.5 Å². The lowest BCUT2D eigenvalue weighted by Crippen LogP contribution is -2.09. The summed E-state index contributed by atoms with van der Waals surface area (Å²) >= 11 is 0. The Bertz CT molecular complexity index is 905. The minimum absolute atomic E-state index is 0.0432. The van der Waals surface area contributed by atoms with E-state index >= 15 is 0 Å². The van der Waals surface area contributed by atoms with Crippen LogP contribution in [0.2, 0.25) is 0 Å². The van der Waals surface area contributed by atoms with Crippen LogP contribution in [0, 0.1) is 25.2 Å². The molecule has 0 aliphatic heterocycles. The van der Waals surface area contributed by atoms with Crippen molar-refractivity contribution >= 4 is 12.0 Å². The van der Waals surface area contributed by atoms with Gasteiger partial charge < -0.3 is 13.7 Å². The first-order valence-electron chi connectivity index (χ1n) is 9.58. The molecule has 0 saturated heterocycles. The summed E-state index contributed by atoms with van der Waals surface area (Å²) in [6, 6.07) is 3.93. The summed E-state index contributed by atoms with van der Waals surface area (Å²) < 4.78 is 13.0. The van der Waals surface area contributed by atoms with Crippen LogP contribution in [0.25, 0.3) is 6.08 Å². The predicted molar refractivity (Wildman–Crippen MR) is 107 cm³/mol. The quantitative estimate of drug-likeness (QED) is 0.388. The van der Waals surface area contributed by atoms with E-state index in [0.29, 0.717) is 11.7 Å². The van der Waals surface area contributed by atoms with E-state index in [1.165, 1.54) is 0 Å². The van der Waals surface area contributed by atoms with Gasteiger partial charge in [-0.05, 0) is 38.0 Å². The van der Waals surface area contributed by atoms with Gasteiger partial charge in [0.05, 0.1) is 6.20 Å². The Hall–Kier alpha value is -2.81. The smallest absolute Gasteiger partial charge is 0.349 e. The number of oxazole rings is 1. The van der Waals surface area contributed by atoms with Crippen LogP contribution in [0.3, 0.4) is 0 Å². The number of aromatic nitrogens is 2. The van der Waals surface area contributed by atoms with E-state index in [1.807, 2.05) is 46.8 Å². The van der Waals surface area contributed by atoms with Gasteiger partial charge in [0, 0.05) is 23.3 Å². The highest BCUT2D eigenvalue weighted by molar-refractivity contribution is 5.98. The SMILES string of the molecule is CCCCn1c(C)cc(C=C(C#N)C(=O)OCc2ncc(C(C)(C)C)o2)c1C. The van der Waals surface area contributed by atoms with Crippen LogP contribution in [0.15, 0.2) is 22.3 Å². The average Bonchev–Trinajstić information content (AvgIpc) is 3.21. The fourth-order valence-corrected chi connectivity index (χ4v) is 2.86. The number of carbonyl (C=O) groups is 1. The number of rotatable bonds is 7. The second-order valence-corrected chi connectivity index (χ2v) is 7.95. The summed E-state index contributed by atoms with van der Waals surface area (Å²) in [5, 5.41) is 9.41. The molecular formula is C22H29N3O3. The van der Waals surface area contributed by atoms with Gasteiger partial charge in [-0.3, -0.25) is 0 Å². The lowest BCUT2D eigenvalue weighted by Gasteiger charge is -2.13. The zero-order chi connectivity index (χ0) is 20.9. The van der Waals surface area contributed by atoms with Gasteiger partial charge in [-0.1, -0.05) is 34.1 Å². The Morgan fingerprint density at radius 1 is 1.39 bits per heavy atom. The normalized spacial score (nSPS) is 12.1. The predicted octanol–water partition coefficient (Wildman–Crippen LogP) is 4.84. The molecular weight excluding hydrogens is 354 g/mol. The Morgan fingerprint density at radius 2 is 2.11 bits per heavy atom. The van der Waals surface area contributed by atoms with Gasteiger partial charge in [-0.15, -0.1) is 0 Å². The fraction of sp³-hybridized carbons (Fsp3) is 0.500. The van der Waals surface area contributed by atoms with Gasteiger partial charge >= 0.3 is 5.97 Å². The van der Waals surface area contributed by atoms with Crippen molar-refractivity contribution in [2.24, 2.45) is 0 Å². The van der Waals surface area contributed by atoms with Crippen LogP contribution in [-0.2, 0) is 28.1 Å². The first-order valence-corrected chi connectivity index (χ1v) is 9.58. The van der Waals surface area contributed by atoms with Crippen molar-refractivity contribution in [2.75, 3.05) is 0 Å². The maximum absolute atomic E-state index is 12.3. The molecule has 0 radical (unpaired) electrons. The zero-order valence-electron chi connectivity index (χ0n) is 17.6. The molecule has 0 unspecified atom stereocenters. The third-order valence-corrected chi connectivity index (χ3v) is 4.61. The number of hydrogen-bond acceptors (Lipinski definition) is 5. The summed E-state index contributed by atoms with van der Waals surface area (Å²) in [4.78, 5) is 16.5. The minimum atomic E-state index is -0.684. The highest BCUT2D eigenvalue weighted by Crippen LogP contribution is 2.23. The standard InChI is InChI=1S/C22H29N3O3/c1-7-8-9-25-15(2)10-17(16(25)3)11-18(12-23)21(26)27-14-20-24-13-19(28-20)22(4,5)6/h10-11,13H,7-9,14H2,1-6H3. The molecule has 0 spiro atoms. The second kappa shape index (κ2) is 8.92. The molecule has 6 heteroatoms. The lowest BCUT2D eigenvalue weighted by atomic mass is 9.94. The van der Waals surface area contributed by atoms with Crippen LogP contribution in [0.5, 0.6) is 0 Å². The maximum atomic E-state index is 12.3. The largest absolute Gasteiger partial charge is 0.452 e. The van der Waals surface area contributed by atoms with E-state index in [1.54, 1.807) is 12.3 Å². The van der Waals surface area contributed by atoms with Gasteiger partial charge in [-0.25, -0.2) is 9.78 Å². The number of hydrogen-bond donors (Lipinski definition) is 0. The topological polar surface area (TPSA) is 81.0 Å². The summed E-state index contributed by atoms with van der Waals surface area (Å²) in [5.41, 5.74) is 2.78. The molecule has 0 saturated carbocycles. The van der Waals surface area contributed by atoms with Crippen LogP contribution >= 0.6 is 0 Å². The second-order valence-electron chi connectivity index (χ2n) is 7.95. The van der Waals surface area contributed by atoms with Crippen LogP contribution in [0.1, 0.15) is 69.1 Å². The van der Waals surface area contributed by atoms with E-state index in [0.717, 1.165) is 36.3 Å². The highest BCUT2D eigenvalue weighted by atomic mass is 16.5. The molecule has 28 heavy (non-hydrogen) atoms. The minimum Gasteiger partial charge on any atom is -0.452 e. The van der Waals surface area contributed by atoms with E-state index in [-0.39, 0.29) is 17.6 Å². The molecule has 0 aromatic carbocycles. The van der Waals surface area contributed by atoms with Gasteiger partial charge in [0.1, 0.15) is 17.4 Å². The first kappa shape index (κ1) is 21.5. The van der Waals surface area contributed by atoms with E-state index in [9.17, 15) is 10.1 Å². The van der Waals surface area contributed by atoms with Gasteiger partial charge in [-0.2, -0.15) is 5.26 Å². The van der Waals surface area contributed by atoms with Crippen molar-refractivity contribution in [2.45, 2.75) is 73.0 Å². The van der Waals surface area contributed by atoms with Gasteiger partial charge in [0.25, 0.3) is 0 Å². The van der Waals surface area contributed by atoms with Crippen molar-refractivity contribution in [3.63, 3.8) is 0 Å². The number of unbranched alkanes of at least 4 members (excludes halogenated alkanes) is 1. The Labute approximate surface area is 166 Å². The number of aryl methyl sites for hydroxylation is 1. The molecule has 2 rings (SSSR count). The monoisotopic (exact) mass is 383 g/mol. The van der Waals surface area contributed by atoms with Gasteiger partial charge in [0.2, 0.25) is 5.89 Å². The van der Waals surface area contributed by atoms with Crippen molar-refractivity contribution in [1.82, 2.24) is 9.55 Å². The number of nitriles is 1. The highest BCUT2D eigenvalue weighted by Gasteiger charge is 2.20. The molecule has 0 N–H and O–H groups in total. The molecule has 150 valence electrons. The molecule has 6 nitrogen and oxygen atoms in total. The third-order valence-electron chi connectivity index (χ3n) is 4.61. The third kappa shape index (κ3) is 5.13. The van der Waals surface area contributed by atoms with Crippen molar-refractivity contribution in [3.8, 4) is 6.07 Å². The van der Waals surface area contributed by atoms with Gasteiger partial charge in [0.15, 0.2) is 6.61 Å². The summed E-state index contributed by atoms with van der Waals surface area (Å²) in [6.07, 6.45) is 5.41. The van der Waals surface area contributed by atoms with Crippen molar-refractivity contribution in [3.05, 3.63) is 46.4 Å². The molecule has 0 amide bonds. The summed E-state index contributed by atoms with van der Waals surface area (Å²) in [5.74, 6) is 0.346. The molecule has 0 aliphatic rings.